The monoisotopic (exact) mass is 310 g/mol. The Morgan fingerprint density at radius 1 is 1.38 bits per heavy atom. The number of thiazole rings is 1. The Kier molecular flexibility index (Phi) is 4.30. The van der Waals surface area contributed by atoms with Gasteiger partial charge in [0.2, 0.25) is 0 Å². The zero-order chi connectivity index (χ0) is 14.8. The minimum atomic E-state index is -0.0922. The van der Waals surface area contributed by atoms with E-state index in [1.165, 1.54) is 17.8 Å². The van der Waals surface area contributed by atoms with Crippen molar-refractivity contribution in [1.82, 2.24) is 9.88 Å². The molecule has 0 aromatic carbocycles. The summed E-state index contributed by atoms with van der Waals surface area (Å²) in [5.74, 6) is 0.208. The van der Waals surface area contributed by atoms with E-state index in [4.69, 9.17) is 5.73 Å². The highest BCUT2D eigenvalue weighted by atomic mass is 32.1. The third-order valence-electron chi connectivity index (χ3n) is 4.38. The van der Waals surface area contributed by atoms with Gasteiger partial charge >= 0.3 is 0 Å². The largest absolute Gasteiger partial charge is 0.394 e. The molecule has 2 heterocycles. The summed E-state index contributed by atoms with van der Waals surface area (Å²) in [6, 6.07) is 0.384. The van der Waals surface area contributed by atoms with Gasteiger partial charge in [0.25, 0.3) is 5.91 Å². The standard InChI is InChI=1S/C14H22N4O2S/c15-12-11(21-14(17-12)16-9-4-3-5-9)13(20)18-7-2-1-6-10(18)8-19/h9-10,19H,1-8,15H2,(H,16,17). The van der Waals surface area contributed by atoms with Crippen LogP contribution < -0.4 is 11.1 Å². The van der Waals surface area contributed by atoms with Crippen LogP contribution in [0.15, 0.2) is 0 Å². The van der Waals surface area contributed by atoms with Crippen LogP contribution in [0.3, 0.4) is 0 Å². The van der Waals surface area contributed by atoms with Gasteiger partial charge in [-0.2, -0.15) is 0 Å². The lowest BCUT2D eigenvalue weighted by Crippen LogP contribution is -2.45. The Labute approximate surface area is 128 Å². The molecule has 0 bridgehead atoms. The van der Waals surface area contributed by atoms with Crippen LogP contribution in [0.1, 0.15) is 48.2 Å². The molecule has 1 atom stereocenters. The summed E-state index contributed by atoms with van der Waals surface area (Å²) >= 11 is 1.33. The van der Waals surface area contributed by atoms with Crippen LogP contribution in [0.2, 0.25) is 0 Å². The summed E-state index contributed by atoms with van der Waals surface area (Å²) in [5, 5.41) is 13.5. The molecule has 1 saturated heterocycles. The molecule has 1 aliphatic carbocycles. The van der Waals surface area contributed by atoms with Gasteiger partial charge in [-0.05, 0) is 38.5 Å². The average molecular weight is 310 g/mol. The fourth-order valence-corrected chi connectivity index (χ4v) is 3.78. The van der Waals surface area contributed by atoms with Crippen LogP contribution in [0.5, 0.6) is 0 Å². The van der Waals surface area contributed by atoms with E-state index >= 15 is 0 Å². The van der Waals surface area contributed by atoms with Crippen LogP contribution in [0, 0.1) is 0 Å². The lowest BCUT2D eigenvalue weighted by atomic mass is 9.93. The first-order chi connectivity index (χ1) is 10.2. The lowest BCUT2D eigenvalue weighted by Gasteiger charge is -2.34. The predicted molar refractivity (Wildman–Crippen MR) is 83.5 cm³/mol. The fourth-order valence-electron chi connectivity index (χ4n) is 2.86. The van der Waals surface area contributed by atoms with Crippen LogP contribution in [-0.4, -0.2) is 46.1 Å². The van der Waals surface area contributed by atoms with Gasteiger partial charge in [-0.1, -0.05) is 11.3 Å². The topological polar surface area (TPSA) is 91.5 Å². The summed E-state index contributed by atoms with van der Waals surface area (Å²) in [5.41, 5.74) is 5.92. The summed E-state index contributed by atoms with van der Waals surface area (Å²) in [6.45, 7) is 0.699. The first-order valence-corrected chi connectivity index (χ1v) is 8.45. The molecular formula is C14H22N4O2S. The lowest BCUT2D eigenvalue weighted by molar-refractivity contribution is 0.0508. The van der Waals surface area contributed by atoms with Crippen LogP contribution >= 0.6 is 11.3 Å². The molecule has 1 aromatic heterocycles. The van der Waals surface area contributed by atoms with Crippen molar-refractivity contribution in [3.8, 4) is 0 Å². The third-order valence-corrected chi connectivity index (χ3v) is 5.37. The van der Waals surface area contributed by atoms with Crippen molar-refractivity contribution >= 4 is 28.2 Å². The summed E-state index contributed by atoms with van der Waals surface area (Å²) in [6.07, 6.45) is 6.45. The van der Waals surface area contributed by atoms with E-state index in [9.17, 15) is 9.90 Å². The molecule has 1 aliphatic heterocycles. The Bertz CT molecular complexity index is 515. The fraction of sp³-hybridized carbons (Fsp3) is 0.714. The maximum Gasteiger partial charge on any atom is 0.268 e. The number of likely N-dealkylation sites (tertiary alicyclic amines) is 1. The minimum Gasteiger partial charge on any atom is -0.394 e. The number of carbonyl (C=O) groups is 1. The number of aliphatic hydroxyl groups excluding tert-OH is 1. The molecule has 3 rings (SSSR count). The van der Waals surface area contributed by atoms with Gasteiger partial charge in [0.15, 0.2) is 5.13 Å². The molecule has 1 amide bonds. The molecule has 1 unspecified atom stereocenters. The molecule has 21 heavy (non-hydrogen) atoms. The van der Waals surface area contributed by atoms with Gasteiger partial charge in [0.1, 0.15) is 10.7 Å². The first kappa shape index (κ1) is 14.6. The molecule has 1 aromatic rings. The average Bonchev–Trinajstić information content (AvgIpc) is 2.83. The highest BCUT2D eigenvalue weighted by Crippen LogP contribution is 2.31. The van der Waals surface area contributed by atoms with Gasteiger partial charge < -0.3 is 21.1 Å². The Hall–Kier alpha value is -1.34. The molecule has 116 valence electrons. The normalized spacial score (nSPS) is 22.9. The van der Waals surface area contributed by atoms with E-state index in [1.54, 1.807) is 4.90 Å². The Balaban J connectivity index is 1.73. The van der Waals surface area contributed by atoms with E-state index < -0.39 is 0 Å². The first-order valence-electron chi connectivity index (χ1n) is 7.63. The maximum atomic E-state index is 12.6. The zero-order valence-electron chi connectivity index (χ0n) is 12.0. The molecular weight excluding hydrogens is 288 g/mol. The molecule has 7 heteroatoms. The highest BCUT2D eigenvalue weighted by Gasteiger charge is 2.30. The van der Waals surface area contributed by atoms with E-state index in [0.29, 0.717) is 23.3 Å². The predicted octanol–water partition coefficient (Wildman–Crippen LogP) is 1.68. The number of nitrogen functional groups attached to an aromatic ring is 1. The summed E-state index contributed by atoms with van der Waals surface area (Å²) < 4.78 is 0. The number of aromatic nitrogens is 1. The molecule has 6 nitrogen and oxygen atoms in total. The number of amides is 1. The molecule has 4 N–H and O–H groups in total. The van der Waals surface area contributed by atoms with E-state index in [-0.39, 0.29) is 18.6 Å². The van der Waals surface area contributed by atoms with Crippen molar-refractivity contribution in [2.75, 3.05) is 24.2 Å². The molecule has 2 aliphatic rings. The number of aliphatic hydroxyl groups is 1. The van der Waals surface area contributed by atoms with E-state index in [0.717, 1.165) is 37.2 Å². The van der Waals surface area contributed by atoms with Crippen molar-refractivity contribution in [3.05, 3.63) is 4.88 Å². The number of piperidine rings is 1. The zero-order valence-corrected chi connectivity index (χ0v) is 12.9. The van der Waals surface area contributed by atoms with Crippen molar-refractivity contribution in [2.24, 2.45) is 0 Å². The quantitative estimate of drug-likeness (QED) is 0.787. The smallest absolute Gasteiger partial charge is 0.268 e. The van der Waals surface area contributed by atoms with Crippen molar-refractivity contribution in [1.29, 1.82) is 0 Å². The van der Waals surface area contributed by atoms with Crippen LogP contribution in [-0.2, 0) is 0 Å². The van der Waals surface area contributed by atoms with Crippen molar-refractivity contribution in [3.63, 3.8) is 0 Å². The van der Waals surface area contributed by atoms with Gasteiger partial charge in [0.05, 0.1) is 12.6 Å². The summed E-state index contributed by atoms with van der Waals surface area (Å²) in [7, 11) is 0. The summed E-state index contributed by atoms with van der Waals surface area (Å²) in [4.78, 5) is 19.2. The SMILES string of the molecule is Nc1nc(NC2CCC2)sc1C(=O)N1CCCCC1CO. The van der Waals surface area contributed by atoms with E-state index in [2.05, 4.69) is 10.3 Å². The molecule has 2 fully saturated rings. The second-order valence-corrected chi connectivity index (χ2v) is 6.84. The Morgan fingerprint density at radius 2 is 2.19 bits per heavy atom. The Morgan fingerprint density at radius 3 is 2.86 bits per heavy atom. The van der Waals surface area contributed by atoms with Crippen molar-refractivity contribution in [2.45, 2.75) is 50.6 Å². The molecule has 0 spiro atoms. The van der Waals surface area contributed by atoms with Gasteiger partial charge in [-0.3, -0.25) is 4.79 Å². The van der Waals surface area contributed by atoms with Gasteiger partial charge in [-0.25, -0.2) is 4.98 Å². The van der Waals surface area contributed by atoms with Gasteiger partial charge in [0, 0.05) is 12.6 Å². The minimum absolute atomic E-state index is 0.0115. The second-order valence-electron chi connectivity index (χ2n) is 5.84. The van der Waals surface area contributed by atoms with Crippen molar-refractivity contribution < 1.29 is 9.90 Å². The van der Waals surface area contributed by atoms with Crippen LogP contribution in [0.4, 0.5) is 10.9 Å². The van der Waals surface area contributed by atoms with Gasteiger partial charge in [-0.15, -0.1) is 0 Å². The number of rotatable bonds is 4. The number of carbonyl (C=O) groups excluding carboxylic acids is 1. The number of nitrogens with zero attached hydrogens (tertiary/aromatic N) is 2. The maximum absolute atomic E-state index is 12.6. The van der Waals surface area contributed by atoms with Crippen LogP contribution in [0.25, 0.3) is 0 Å². The number of anilines is 2. The van der Waals surface area contributed by atoms with E-state index in [1.807, 2.05) is 0 Å². The third kappa shape index (κ3) is 2.98. The molecule has 0 radical (unpaired) electrons. The number of hydrogen-bond acceptors (Lipinski definition) is 6. The second kappa shape index (κ2) is 6.19. The number of hydrogen-bond donors (Lipinski definition) is 3. The highest BCUT2D eigenvalue weighted by molar-refractivity contribution is 7.18. The number of nitrogens with two attached hydrogens (primary N) is 1. The molecule has 1 saturated carbocycles. The number of nitrogens with one attached hydrogen (secondary N) is 1.